The summed E-state index contributed by atoms with van der Waals surface area (Å²) in [5.74, 6) is -1.36. The Balaban J connectivity index is 2.41. The average Bonchev–Trinajstić information content (AvgIpc) is 3.11. The van der Waals surface area contributed by atoms with Crippen LogP contribution in [0, 0.1) is 0 Å². The molecule has 0 atom stereocenters. The maximum absolute atomic E-state index is 12.5. The van der Waals surface area contributed by atoms with Crippen LogP contribution < -0.4 is 4.72 Å². The molecule has 0 amide bonds. The number of aromatic nitrogens is 2. The number of esters is 2. The fourth-order valence-corrected chi connectivity index (χ4v) is 3.21. The Bertz CT molecular complexity index is 900. The van der Waals surface area contributed by atoms with E-state index in [1.54, 1.807) is 13.8 Å². The third kappa shape index (κ3) is 5.07. The third-order valence-electron chi connectivity index (χ3n) is 3.45. The van der Waals surface area contributed by atoms with Gasteiger partial charge < -0.3 is 9.47 Å². The first-order chi connectivity index (χ1) is 12.8. The molecule has 1 heterocycles. The van der Waals surface area contributed by atoms with Crippen molar-refractivity contribution in [2.24, 2.45) is 0 Å². The number of anilines is 1. The van der Waals surface area contributed by atoms with Gasteiger partial charge in [-0.15, -0.1) is 0 Å². The first kappa shape index (κ1) is 20.4. The summed E-state index contributed by atoms with van der Waals surface area (Å²) < 4.78 is 38.8. The maximum Gasteiger partial charge on any atom is 0.338 e. The molecule has 0 aliphatic carbocycles. The summed E-state index contributed by atoms with van der Waals surface area (Å²) in [6, 6.07) is 3.88. The molecule has 9 nitrogen and oxygen atoms in total. The molecule has 0 saturated heterocycles. The third-order valence-corrected chi connectivity index (χ3v) is 4.79. The lowest BCUT2D eigenvalue weighted by Gasteiger charge is -2.11. The van der Waals surface area contributed by atoms with Crippen LogP contribution in [0.2, 0.25) is 0 Å². The molecule has 0 fully saturated rings. The van der Waals surface area contributed by atoms with Crippen molar-refractivity contribution in [3.63, 3.8) is 0 Å². The van der Waals surface area contributed by atoms with E-state index in [0.717, 1.165) is 0 Å². The van der Waals surface area contributed by atoms with Crippen molar-refractivity contribution in [1.29, 1.82) is 0 Å². The van der Waals surface area contributed by atoms with Crippen molar-refractivity contribution < 1.29 is 27.5 Å². The van der Waals surface area contributed by atoms with E-state index in [1.807, 2.05) is 6.92 Å². The SMILES string of the molecule is CCOC(=O)c1cc(NS(=O)(=O)c2cnn(CC)c2)cc(C(=O)OCC)c1. The van der Waals surface area contributed by atoms with Gasteiger partial charge in [0.1, 0.15) is 4.90 Å². The number of carbonyl (C=O) groups is 2. The fourth-order valence-electron chi connectivity index (χ4n) is 2.22. The molecule has 2 rings (SSSR count). The van der Waals surface area contributed by atoms with Crippen LogP contribution in [-0.4, -0.2) is 43.4 Å². The highest BCUT2D eigenvalue weighted by Gasteiger charge is 2.20. The molecule has 0 saturated carbocycles. The molecule has 27 heavy (non-hydrogen) atoms. The maximum atomic E-state index is 12.5. The van der Waals surface area contributed by atoms with Crippen molar-refractivity contribution >= 4 is 27.6 Å². The van der Waals surface area contributed by atoms with Crippen LogP contribution in [0.15, 0.2) is 35.5 Å². The second-order valence-corrected chi connectivity index (χ2v) is 7.06. The number of benzene rings is 1. The van der Waals surface area contributed by atoms with E-state index in [4.69, 9.17) is 9.47 Å². The van der Waals surface area contributed by atoms with E-state index in [9.17, 15) is 18.0 Å². The molecule has 2 aromatic rings. The Labute approximate surface area is 157 Å². The second kappa shape index (κ2) is 8.67. The quantitative estimate of drug-likeness (QED) is 0.680. The lowest BCUT2D eigenvalue weighted by molar-refractivity contribution is 0.0525. The normalized spacial score (nSPS) is 11.1. The molecule has 1 aromatic heterocycles. The van der Waals surface area contributed by atoms with Gasteiger partial charge in [0.2, 0.25) is 0 Å². The largest absolute Gasteiger partial charge is 0.462 e. The van der Waals surface area contributed by atoms with Crippen LogP contribution in [0.25, 0.3) is 0 Å². The van der Waals surface area contributed by atoms with Gasteiger partial charge in [0.05, 0.1) is 36.2 Å². The highest BCUT2D eigenvalue weighted by molar-refractivity contribution is 7.92. The van der Waals surface area contributed by atoms with Gasteiger partial charge in [-0.3, -0.25) is 9.40 Å². The average molecular weight is 395 g/mol. The molecule has 0 bridgehead atoms. The van der Waals surface area contributed by atoms with Gasteiger partial charge in [-0.05, 0) is 39.0 Å². The number of nitrogens with one attached hydrogen (secondary N) is 1. The minimum Gasteiger partial charge on any atom is -0.462 e. The van der Waals surface area contributed by atoms with Crippen LogP contribution in [0.5, 0.6) is 0 Å². The van der Waals surface area contributed by atoms with E-state index >= 15 is 0 Å². The zero-order chi connectivity index (χ0) is 20.0. The molecule has 0 unspecified atom stereocenters. The van der Waals surface area contributed by atoms with Crippen LogP contribution in [0.1, 0.15) is 41.5 Å². The Kier molecular flexibility index (Phi) is 6.56. The molecule has 146 valence electrons. The van der Waals surface area contributed by atoms with Gasteiger partial charge in [-0.1, -0.05) is 0 Å². The van der Waals surface area contributed by atoms with E-state index in [1.165, 1.54) is 35.3 Å². The number of nitrogens with zero attached hydrogens (tertiary/aromatic N) is 2. The van der Waals surface area contributed by atoms with Gasteiger partial charge in [0.15, 0.2) is 0 Å². The molecule has 1 aromatic carbocycles. The number of hydrogen-bond acceptors (Lipinski definition) is 7. The molecule has 0 aliphatic heterocycles. The first-order valence-corrected chi connectivity index (χ1v) is 9.83. The first-order valence-electron chi connectivity index (χ1n) is 8.35. The minimum absolute atomic E-state index is 0.0318. The van der Waals surface area contributed by atoms with Crippen molar-refractivity contribution in [2.45, 2.75) is 32.2 Å². The predicted octanol–water partition coefficient (Wildman–Crippen LogP) is 2.06. The zero-order valence-corrected chi connectivity index (χ0v) is 16.1. The number of ether oxygens (including phenoxy) is 2. The van der Waals surface area contributed by atoms with Crippen LogP contribution >= 0.6 is 0 Å². The van der Waals surface area contributed by atoms with E-state index < -0.39 is 22.0 Å². The van der Waals surface area contributed by atoms with Gasteiger partial charge in [-0.2, -0.15) is 5.10 Å². The summed E-state index contributed by atoms with van der Waals surface area (Å²) in [4.78, 5) is 24.0. The zero-order valence-electron chi connectivity index (χ0n) is 15.3. The number of hydrogen-bond donors (Lipinski definition) is 1. The number of aryl methyl sites for hydroxylation is 1. The van der Waals surface area contributed by atoms with Crippen molar-refractivity contribution in [1.82, 2.24) is 9.78 Å². The van der Waals surface area contributed by atoms with E-state index in [-0.39, 0.29) is 34.9 Å². The number of rotatable bonds is 8. The summed E-state index contributed by atoms with van der Waals surface area (Å²) >= 11 is 0. The number of sulfonamides is 1. The molecular formula is C17H21N3O6S. The van der Waals surface area contributed by atoms with Crippen LogP contribution in [-0.2, 0) is 26.0 Å². The van der Waals surface area contributed by atoms with E-state index in [0.29, 0.717) is 6.54 Å². The van der Waals surface area contributed by atoms with Gasteiger partial charge >= 0.3 is 11.9 Å². The minimum atomic E-state index is -3.95. The van der Waals surface area contributed by atoms with E-state index in [2.05, 4.69) is 9.82 Å². The van der Waals surface area contributed by atoms with Crippen molar-refractivity contribution in [2.75, 3.05) is 17.9 Å². The lowest BCUT2D eigenvalue weighted by Crippen LogP contribution is -2.15. The Morgan fingerprint density at radius 3 is 2.04 bits per heavy atom. The highest BCUT2D eigenvalue weighted by Crippen LogP contribution is 2.21. The van der Waals surface area contributed by atoms with Gasteiger partial charge in [0.25, 0.3) is 10.0 Å². The molecular weight excluding hydrogens is 374 g/mol. The summed E-state index contributed by atoms with van der Waals surface area (Å²) in [5.41, 5.74) is 0.0987. The summed E-state index contributed by atoms with van der Waals surface area (Å²) in [7, 11) is -3.95. The highest BCUT2D eigenvalue weighted by atomic mass is 32.2. The standard InChI is InChI=1S/C17H21N3O6S/c1-4-20-11-15(10-18-20)27(23,24)19-14-8-12(16(21)25-5-2)7-13(9-14)17(22)26-6-3/h7-11,19H,4-6H2,1-3H3. The molecule has 1 N–H and O–H groups in total. The summed E-state index contributed by atoms with van der Waals surface area (Å²) in [6.07, 6.45) is 2.59. The smallest absolute Gasteiger partial charge is 0.338 e. The Morgan fingerprint density at radius 2 is 1.59 bits per heavy atom. The lowest BCUT2D eigenvalue weighted by atomic mass is 10.1. The van der Waals surface area contributed by atoms with Crippen molar-refractivity contribution in [3.8, 4) is 0 Å². The van der Waals surface area contributed by atoms with Gasteiger partial charge in [0, 0.05) is 12.7 Å². The van der Waals surface area contributed by atoms with Crippen LogP contribution in [0.3, 0.4) is 0 Å². The summed E-state index contributed by atoms with van der Waals surface area (Å²) in [5, 5.41) is 3.93. The predicted molar refractivity (Wildman–Crippen MR) is 97.1 cm³/mol. The Hall–Kier alpha value is -2.88. The number of carbonyl (C=O) groups excluding carboxylic acids is 2. The van der Waals surface area contributed by atoms with Gasteiger partial charge in [-0.25, -0.2) is 18.0 Å². The van der Waals surface area contributed by atoms with Crippen LogP contribution in [0.4, 0.5) is 5.69 Å². The summed E-state index contributed by atoms with van der Waals surface area (Å²) in [6.45, 7) is 5.90. The fraction of sp³-hybridized carbons (Fsp3) is 0.353. The molecule has 0 radical (unpaired) electrons. The molecule has 0 aliphatic rings. The molecule has 0 spiro atoms. The second-order valence-electron chi connectivity index (χ2n) is 5.38. The monoisotopic (exact) mass is 395 g/mol. The van der Waals surface area contributed by atoms with Crippen molar-refractivity contribution in [3.05, 3.63) is 41.7 Å². The topological polar surface area (TPSA) is 117 Å². The Morgan fingerprint density at radius 1 is 1.04 bits per heavy atom. The molecule has 10 heteroatoms.